The molecule has 0 aromatic carbocycles. The van der Waals surface area contributed by atoms with Crippen molar-refractivity contribution in [2.75, 3.05) is 46.2 Å². The molecule has 0 aromatic heterocycles. The number of aliphatic hydroxyl groups is 1. The summed E-state index contributed by atoms with van der Waals surface area (Å²) < 4.78 is 18.9. The van der Waals surface area contributed by atoms with Gasteiger partial charge in [-0.05, 0) is 20.3 Å². The number of unbranched alkanes of at least 4 members (excludes halogenated alkanes) is 1. The van der Waals surface area contributed by atoms with Gasteiger partial charge in [0, 0.05) is 27.1 Å². The van der Waals surface area contributed by atoms with E-state index >= 15 is 0 Å². The van der Waals surface area contributed by atoms with E-state index in [0.29, 0.717) is 39.6 Å². The van der Waals surface area contributed by atoms with Crippen LogP contribution in [0.2, 0.25) is 0 Å². The number of rotatable bonds is 10. The van der Waals surface area contributed by atoms with E-state index in [4.69, 9.17) is 14.6 Å². The molecule has 0 unspecified atom stereocenters. The molecule has 7 heteroatoms. The van der Waals surface area contributed by atoms with Crippen molar-refractivity contribution in [3.05, 3.63) is 0 Å². The maximum absolute atomic E-state index is 10.1. The molecule has 0 bridgehead atoms. The third-order valence-electron chi connectivity index (χ3n) is 1.98. The quantitative estimate of drug-likeness (QED) is 0.481. The van der Waals surface area contributed by atoms with E-state index < -0.39 is 0 Å². The second-order valence-electron chi connectivity index (χ2n) is 4.15. The molecule has 140 valence electrons. The number of carbonyl (C=O) groups is 2. The fourth-order valence-corrected chi connectivity index (χ4v) is 0.958. The smallest absolute Gasteiger partial charge is 0.302 e. The third-order valence-corrected chi connectivity index (χ3v) is 1.98. The Kier molecular flexibility index (Phi) is 29.9. The largest absolute Gasteiger partial charge is 0.466 e. The second kappa shape index (κ2) is 25.8. The minimum absolute atomic E-state index is 0.133. The van der Waals surface area contributed by atoms with Crippen molar-refractivity contribution in [2.24, 2.45) is 0 Å². The summed E-state index contributed by atoms with van der Waals surface area (Å²) in [4.78, 5) is 20.2. The van der Waals surface area contributed by atoms with Crippen LogP contribution in [0.15, 0.2) is 0 Å². The van der Waals surface area contributed by atoms with Gasteiger partial charge in [-0.15, -0.1) is 0 Å². The Hall–Kier alpha value is -1.18. The highest BCUT2D eigenvalue weighted by Gasteiger charge is 1.89. The molecule has 0 aliphatic rings. The van der Waals surface area contributed by atoms with E-state index in [2.05, 4.69) is 16.4 Å². The van der Waals surface area contributed by atoms with Crippen molar-refractivity contribution in [3.8, 4) is 0 Å². The van der Waals surface area contributed by atoms with Crippen molar-refractivity contribution in [1.29, 1.82) is 0 Å². The predicted molar refractivity (Wildman–Crippen MR) is 88.2 cm³/mol. The lowest BCUT2D eigenvalue weighted by atomic mass is 10.4. The van der Waals surface area contributed by atoms with Gasteiger partial charge in [0.2, 0.25) is 0 Å². The molecule has 0 spiro atoms. The van der Waals surface area contributed by atoms with E-state index in [1.807, 2.05) is 13.8 Å². The molecule has 7 nitrogen and oxygen atoms in total. The Morgan fingerprint density at radius 1 is 0.783 bits per heavy atom. The molecule has 1 N–H and O–H groups in total. The van der Waals surface area contributed by atoms with E-state index in [9.17, 15) is 9.59 Å². The lowest BCUT2D eigenvalue weighted by Gasteiger charge is -1.99. The van der Waals surface area contributed by atoms with Gasteiger partial charge in [-0.2, -0.15) is 0 Å². The number of ether oxygens (including phenoxy) is 4. The Balaban J connectivity index is -0.000000266. The van der Waals surface area contributed by atoms with Gasteiger partial charge in [-0.25, -0.2) is 0 Å². The molecule has 23 heavy (non-hydrogen) atoms. The number of esters is 2. The van der Waals surface area contributed by atoms with Gasteiger partial charge >= 0.3 is 11.9 Å². The molecule has 0 aliphatic heterocycles. The molecule has 0 fully saturated rings. The summed E-state index contributed by atoms with van der Waals surface area (Å²) in [7, 11) is 0. The Bertz CT molecular complexity index is 241. The molecule has 0 rings (SSSR count). The molecular weight excluding hydrogens is 304 g/mol. The first-order valence-corrected chi connectivity index (χ1v) is 7.99. The van der Waals surface area contributed by atoms with Crippen LogP contribution in [0.25, 0.3) is 0 Å². The molecule has 0 aromatic rings. The zero-order valence-electron chi connectivity index (χ0n) is 15.3. The van der Waals surface area contributed by atoms with Crippen molar-refractivity contribution in [2.45, 2.75) is 47.5 Å². The molecule has 0 saturated carbocycles. The van der Waals surface area contributed by atoms with Gasteiger partial charge < -0.3 is 24.1 Å². The normalized spacial score (nSPS) is 8.96. The van der Waals surface area contributed by atoms with Gasteiger partial charge in [0.1, 0.15) is 6.61 Å². The van der Waals surface area contributed by atoms with Crippen molar-refractivity contribution >= 4 is 11.9 Å². The van der Waals surface area contributed by atoms with Crippen molar-refractivity contribution < 1.29 is 33.6 Å². The van der Waals surface area contributed by atoms with Gasteiger partial charge in [-0.3, -0.25) is 9.59 Å². The monoisotopic (exact) mass is 338 g/mol. The highest BCUT2D eigenvalue weighted by molar-refractivity contribution is 5.66. The maximum atomic E-state index is 10.1. The first-order valence-electron chi connectivity index (χ1n) is 7.99. The highest BCUT2D eigenvalue weighted by atomic mass is 16.6. The van der Waals surface area contributed by atoms with Crippen LogP contribution in [0.5, 0.6) is 0 Å². The van der Waals surface area contributed by atoms with Crippen molar-refractivity contribution in [3.63, 3.8) is 0 Å². The fourth-order valence-electron chi connectivity index (χ4n) is 0.958. The standard InChI is InChI=1S/C6H12O3.C6H12O2.C4H10O2/c1-3-8-4-5-9-6(2)7;1-3-4-5-8-6(2)7;1-2-6-4-3-5/h3-5H2,1-2H3;3-5H2,1-2H3;5H,2-4H2,1H3. The van der Waals surface area contributed by atoms with Crippen LogP contribution in [-0.2, 0) is 28.5 Å². The molecule has 0 atom stereocenters. The van der Waals surface area contributed by atoms with Gasteiger partial charge in [0.15, 0.2) is 0 Å². The third kappa shape index (κ3) is 44.9. The summed E-state index contributed by atoms with van der Waals surface area (Å²) in [6.07, 6.45) is 2.05. The summed E-state index contributed by atoms with van der Waals surface area (Å²) in [5, 5.41) is 8.07. The Morgan fingerprint density at radius 3 is 1.61 bits per heavy atom. The first kappa shape index (κ1) is 26.7. The first-order chi connectivity index (χ1) is 11.0. The molecule has 0 radical (unpaired) electrons. The lowest BCUT2D eigenvalue weighted by Crippen LogP contribution is -2.06. The Labute approximate surface area is 140 Å². The SMILES string of the molecule is CCCCOC(C)=O.CCOCCO.CCOCCOC(C)=O. The van der Waals surface area contributed by atoms with Crippen LogP contribution >= 0.6 is 0 Å². The van der Waals surface area contributed by atoms with Gasteiger partial charge in [0.25, 0.3) is 0 Å². The van der Waals surface area contributed by atoms with Crippen LogP contribution in [-0.4, -0.2) is 63.3 Å². The average Bonchev–Trinajstić information content (AvgIpc) is 2.50. The minimum atomic E-state index is -0.255. The second-order valence-corrected chi connectivity index (χ2v) is 4.15. The molecule has 0 aliphatic carbocycles. The van der Waals surface area contributed by atoms with Gasteiger partial charge in [0.05, 0.1) is 26.4 Å². The lowest BCUT2D eigenvalue weighted by molar-refractivity contribution is -0.142. The van der Waals surface area contributed by atoms with Crippen LogP contribution < -0.4 is 0 Å². The minimum Gasteiger partial charge on any atom is -0.466 e. The predicted octanol–water partition coefficient (Wildman–Crippen LogP) is 1.95. The average molecular weight is 338 g/mol. The van der Waals surface area contributed by atoms with Gasteiger partial charge in [-0.1, -0.05) is 13.3 Å². The number of hydrogen-bond donors (Lipinski definition) is 1. The highest BCUT2D eigenvalue weighted by Crippen LogP contribution is 1.86. The van der Waals surface area contributed by atoms with Crippen molar-refractivity contribution in [1.82, 2.24) is 0 Å². The zero-order chi connectivity index (χ0) is 18.3. The van der Waals surface area contributed by atoms with E-state index in [0.717, 1.165) is 12.8 Å². The zero-order valence-corrected chi connectivity index (χ0v) is 15.3. The molecule has 0 amide bonds. The summed E-state index contributed by atoms with van der Waals surface area (Å²) in [6.45, 7) is 12.1. The van der Waals surface area contributed by atoms with Crippen LogP contribution in [0.4, 0.5) is 0 Å². The van der Waals surface area contributed by atoms with Crippen LogP contribution in [0, 0.1) is 0 Å². The Morgan fingerprint density at radius 2 is 1.26 bits per heavy atom. The molecule has 0 heterocycles. The van der Waals surface area contributed by atoms with E-state index in [-0.39, 0.29) is 18.5 Å². The van der Waals surface area contributed by atoms with Crippen LogP contribution in [0.3, 0.4) is 0 Å². The van der Waals surface area contributed by atoms with E-state index in [1.165, 1.54) is 13.8 Å². The maximum Gasteiger partial charge on any atom is 0.302 e. The molecule has 0 saturated heterocycles. The van der Waals surface area contributed by atoms with E-state index in [1.54, 1.807) is 0 Å². The number of carbonyl (C=O) groups excluding carboxylic acids is 2. The summed E-state index contributed by atoms with van der Waals surface area (Å²) >= 11 is 0. The number of aliphatic hydroxyl groups excluding tert-OH is 1. The molecular formula is C16H34O7. The topological polar surface area (TPSA) is 91.3 Å². The summed E-state index contributed by atoms with van der Waals surface area (Å²) in [5.74, 6) is -0.437. The van der Waals surface area contributed by atoms with Crippen LogP contribution in [0.1, 0.15) is 47.5 Å². The number of hydrogen-bond acceptors (Lipinski definition) is 7. The fraction of sp³-hybridized carbons (Fsp3) is 0.875. The summed E-state index contributed by atoms with van der Waals surface area (Å²) in [5.41, 5.74) is 0. The summed E-state index contributed by atoms with van der Waals surface area (Å²) in [6, 6.07) is 0.